The molecule has 134 valence electrons. The number of aliphatic hydroxyl groups excluding tert-OH is 1. The van der Waals surface area contributed by atoms with Crippen LogP contribution in [0.5, 0.6) is 0 Å². The summed E-state index contributed by atoms with van der Waals surface area (Å²) in [7, 11) is -3.22. The number of hydrogen-bond acceptors (Lipinski definition) is 5. The minimum Gasteiger partial charge on any atom is -0.392 e. The summed E-state index contributed by atoms with van der Waals surface area (Å²) in [4.78, 5) is 16.7. The second-order valence-corrected chi connectivity index (χ2v) is 8.63. The molecule has 0 aromatic rings. The molecule has 0 aromatic carbocycles. The maximum absolute atomic E-state index is 12.6. The first-order chi connectivity index (χ1) is 10.8. The lowest BCUT2D eigenvalue weighted by Crippen LogP contribution is -2.53. The van der Waals surface area contributed by atoms with Gasteiger partial charge in [-0.05, 0) is 19.3 Å². The molecule has 2 heterocycles. The zero-order valence-corrected chi connectivity index (χ0v) is 15.0. The molecule has 2 saturated heterocycles. The number of nitrogens with zero attached hydrogens (tertiary/aromatic N) is 3. The highest BCUT2D eigenvalue weighted by Gasteiger charge is 2.33. The normalized spacial score (nSPS) is 26.2. The monoisotopic (exact) mass is 347 g/mol. The van der Waals surface area contributed by atoms with Crippen molar-refractivity contribution < 1.29 is 18.3 Å². The number of aliphatic hydroxyl groups is 1. The van der Waals surface area contributed by atoms with Crippen LogP contribution < -0.4 is 0 Å². The number of rotatable bonds is 5. The van der Waals surface area contributed by atoms with Crippen LogP contribution >= 0.6 is 0 Å². The third-order valence-corrected chi connectivity index (χ3v) is 6.10. The molecule has 2 unspecified atom stereocenters. The van der Waals surface area contributed by atoms with Gasteiger partial charge in [0.25, 0.3) is 0 Å². The van der Waals surface area contributed by atoms with Crippen LogP contribution in [0, 0.1) is 5.92 Å². The first-order valence-corrected chi connectivity index (χ1v) is 10.3. The van der Waals surface area contributed by atoms with Crippen LogP contribution in [0.1, 0.15) is 26.2 Å². The summed E-state index contributed by atoms with van der Waals surface area (Å²) in [6.07, 6.45) is 3.14. The molecule has 23 heavy (non-hydrogen) atoms. The number of β-amino-alcohol motifs (C(OH)–C–C–N with tert-alkyl or cyclic N) is 1. The van der Waals surface area contributed by atoms with Crippen LogP contribution in [-0.4, -0.2) is 91.7 Å². The van der Waals surface area contributed by atoms with E-state index in [1.807, 2.05) is 11.8 Å². The fourth-order valence-electron chi connectivity index (χ4n) is 3.28. The lowest BCUT2D eigenvalue weighted by atomic mass is 9.97. The second-order valence-electron chi connectivity index (χ2n) is 6.65. The summed E-state index contributed by atoms with van der Waals surface area (Å²) in [6, 6.07) is 0. The maximum Gasteiger partial charge on any atom is 0.227 e. The number of piperidine rings is 1. The van der Waals surface area contributed by atoms with Gasteiger partial charge in [0.2, 0.25) is 15.9 Å². The van der Waals surface area contributed by atoms with Crippen LogP contribution in [0.3, 0.4) is 0 Å². The van der Waals surface area contributed by atoms with Crippen LogP contribution in [0.4, 0.5) is 0 Å². The van der Waals surface area contributed by atoms with E-state index >= 15 is 0 Å². The molecular formula is C15H29N3O4S. The Morgan fingerprint density at radius 1 is 1.22 bits per heavy atom. The topological polar surface area (TPSA) is 81.2 Å². The second kappa shape index (κ2) is 7.92. The first kappa shape index (κ1) is 18.6. The van der Waals surface area contributed by atoms with Crippen LogP contribution in [0.2, 0.25) is 0 Å². The number of hydrogen-bond donors (Lipinski definition) is 1. The molecule has 2 aliphatic rings. The summed E-state index contributed by atoms with van der Waals surface area (Å²) in [6.45, 7) is 6.30. The highest BCUT2D eigenvalue weighted by atomic mass is 32.2. The fourth-order valence-corrected chi connectivity index (χ4v) is 4.19. The number of piperazine rings is 1. The van der Waals surface area contributed by atoms with Gasteiger partial charge in [-0.3, -0.25) is 9.69 Å². The van der Waals surface area contributed by atoms with Crippen molar-refractivity contribution in [1.29, 1.82) is 0 Å². The van der Waals surface area contributed by atoms with Gasteiger partial charge in [-0.15, -0.1) is 0 Å². The van der Waals surface area contributed by atoms with Gasteiger partial charge in [0.15, 0.2) is 0 Å². The molecule has 0 saturated carbocycles. The maximum atomic E-state index is 12.6. The van der Waals surface area contributed by atoms with Crippen molar-refractivity contribution in [3.05, 3.63) is 0 Å². The molecule has 2 atom stereocenters. The summed E-state index contributed by atoms with van der Waals surface area (Å²) in [5, 5.41) is 9.71. The molecule has 1 amide bonds. The van der Waals surface area contributed by atoms with Gasteiger partial charge in [-0.1, -0.05) is 6.92 Å². The Morgan fingerprint density at radius 3 is 2.43 bits per heavy atom. The van der Waals surface area contributed by atoms with E-state index in [-0.39, 0.29) is 17.9 Å². The van der Waals surface area contributed by atoms with Crippen LogP contribution in [-0.2, 0) is 14.8 Å². The van der Waals surface area contributed by atoms with E-state index in [4.69, 9.17) is 0 Å². The van der Waals surface area contributed by atoms with Crippen molar-refractivity contribution in [3.63, 3.8) is 0 Å². The fraction of sp³-hybridized carbons (Fsp3) is 0.933. The largest absolute Gasteiger partial charge is 0.392 e. The first-order valence-electron chi connectivity index (χ1n) is 8.45. The van der Waals surface area contributed by atoms with Gasteiger partial charge >= 0.3 is 0 Å². The summed E-state index contributed by atoms with van der Waals surface area (Å²) < 4.78 is 24.8. The number of amides is 1. The summed E-state index contributed by atoms with van der Waals surface area (Å²) >= 11 is 0. The molecule has 2 fully saturated rings. The van der Waals surface area contributed by atoms with Gasteiger partial charge < -0.3 is 10.0 Å². The average molecular weight is 347 g/mol. The van der Waals surface area contributed by atoms with Crippen molar-refractivity contribution in [1.82, 2.24) is 14.1 Å². The minimum atomic E-state index is -3.22. The molecule has 1 N–H and O–H groups in total. The molecule has 0 aromatic heterocycles. The van der Waals surface area contributed by atoms with Crippen molar-refractivity contribution in [2.75, 3.05) is 52.1 Å². The van der Waals surface area contributed by atoms with Crippen molar-refractivity contribution >= 4 is 15.9 Å². The van der Waals surface area contributed by atoms with E-state index in [1.54, 1.807) is 0 Å². The smallest absolute Gasteiger partial charge is 0.227 e. The number of sulfonamides is 1. The lowest BCUT2D eigenvalue weighted by Gasteiger charge is -2.39. The number of carbonyl (C=O) groups excluding carboxylic acids is 1. The van der Waals surface area contributed by atoms with E-state index in [0.717, 1.165) is 32.4 Å². The van der Waals surface area contributed by atoms with Gasteiger partial charge in [0.1, 0.15) is 0 Å². The standard InChI is InChI=1S/C15H29N3O4S/c1-3-14(19)12-16-7-9-17(10-8-16)15(20)13-5-4-6-18(11-13)23(2,21)22/h13-14,19H,3-12H2,1-2H3. The van der Waals surface area contributed by atoms with Gasteiger partial charge in [-0.2, -0.15) is 0 Å². The minimum absolute atomic E-state index is 0.0778. The van der Waals surface area contributed by atoms with Crippen molar-refractivity contribution in [2.45, 2.75) is 32.3 Å². The Kier molecular flexibility index (Phi) is 6.41. The van der Waals surface area contributed by atoms with Gasteiger partial charge in [0.05, 0.1) is 18.3 Å². The molecule has 0 aliphatic carbocycles. The third-order valence-electron chi connectivity index (χ3n) is 4.83. The molecule has 2 aliphatic heterocycles. The highest BCUT2D eigenvalue weighted by molar-refractivity contribution is 7.88. The Labute approximate surface area is 139 Å². The zero-order valence-electron chi connectivity index (χ0n) is 14.1. The Balaban J connectivity index is 1.85. The number of carbonyl (C=O) groups is 1. The predicted molar refractivity (Wildman–Crippen MR) is 88.5 cm³/mol. The third kappa shape index (κ3) is 5.14. The van der Waals surface area contributed by atoms with Gasteiger partial charge in [0, 0.05) is 45.8 Å². The predicted octanol–water partition coefficient (Wildman–Crippen LogP) is -0.427. The Bertz CT molecular complexity index is 503. The average Bonchev–Trinajstić information content (AvgIpc) is 2.54. The molecule has 0 spiro atoms. The zero-order chi connectivity index (χ0) is 17.0. The summed E-state index contributed by atoms with van der Waals surface area (Å²) in [5.74, 6) is -0.139. The molecule has 0 bridgehead atoms. The molecule has 7 nitrogen and oxygen atoms in total. The molecule has 2 rings (SSSR count). The quantitative estimate of drug-likeness (QED) is 0.730. The SMILES string of the molecule is CCC(O)CN1CCN(C(=O)C2CCCN(S(C)(=O)=O)C2)CC1. The summed E-state index contributed by atoms with van der Waals surface area (Å²) in [5.41, 5.74) is 0. The van der Waals surface area contributed by atoms with E-state index in [0.29, 0.717) is 32.7 Å². The van der Waals surface area contributed by atoms with Crippen LogP contribution in [0.15, 0.2) is 0 Å². The molecular weight excluding hydrogens is 318 g/mol. The Morgan fingerprint density at radius 2 is 1.87 bits per heavy atom. The van der Waals surface area contributed by atoms with Gasteiger partial charge in [-0.25, -0.2) is 12.7 Å². The van der Waals surface area contributed by atoms with E-state index in [9.17, 15) is 18.3 Å². The van der Waals surface area contributed by atoms with Crippen molar-refractivity contribution in [3.8, 4) is 0 Å². The molecule has 0 radical (unpaired) electrons. The van der Waals surface area contributed by atoms with E-state index in [1.165, 1.54) is 10.6 Å². The van der Waals surface area contributed by atoms with Crippen molar-refractivity contribution in [2.24, 2.45) is 5.92 Å². The lowest BCUT2D eigenvalue weighted by molar-refractivity contribution is -0.138. The highest BCUT2D eigenvalue weighted by Crippen LogP contribution is 2.21. The van der Waals surface area contributed by atoms with E-state index < -0.39 is 10.0 Å². The Hall–Kier alpha value is -0.700. The van der Waals surface area contributed by atoms with E-state index in [2.05, 4.69) is 4.90 Å². The molecule has 8 heteroatoms. The van der Waals surface area contributed by atoms with Crippen LogP contribution in [0.25, 0.3) is 0 Å².